The summed E-state index contributed by atoms with van der Waals surface area (Å²) in [6.45, 7) is 1.08. The number of halogens is 3. The Bertz CT molecular complexity index is 1350. The first-order valence-electron chi connectivity index (χ1n) is 10.1. The summed E-state index contributed by atoms with van der Waals surface area (Å²) in [7, 11) is -3.62. The average molecular weight is 495 g/mol. The van der Waals surface area contributed by atoms with Gasteiger partial charge in [-0.2, -0.15) is 21.6 Å². The highest BCUT2D eigenvalue weighted by Crippen LogP contribution is 2.33. The minimum absolute atomic E-state index is 0.000241. The van der Waals surface area contributed by atoms with E-state index < -0.39 is 27.3 Å². The molecule has 1 aromatic heterocycles. The van der Waals surface area contributed by atoms with E-state index in [1.807, 2.05) is 4.90 Å². The number of nitrogens with zero attached hydrogens (tertiary/aromatic N) is 1. The summed E-state index contributed by atoms with van der Waals surface area (Å²) in [5.74, 6) is 0.525. The van der Waals surface area contributed by atoms with Crippen LogP contribution in [0.15, 0.2) is 64.0 Å². The van der Waals surface area contributed by atoms with Gasteiger partial charge in [-0.05, 0) is 41.0 Å². The molecule has 0 atom stereocenters. The van der Waals surface area contributed by atoms with Crippen LogP contribution in [0.4, 0.5) is 13.2 Å². The van der Waals surface area contributed by atoms with Crippen molar-refractivity contribution >= 4 is 10.1 Å². The van der Waals surface area contributed by atoms with E-state index in [9.17, 15) is 26.4 Å². The molecule has 7 nitrogen and oxygen atoms in total. The molecule has 34 heavy (non-hydrogen) atoms. The first-order chi connectivity index (χ1) is 16.0. The van der Waals surface area contributed by atoms with Gasteiger partial charge in [0.2, 0.25) is 11.2 Å². The molecule has 2 aromatic carbocycles. The lowest BCUT2D eigenvalue weighted by molar-refractivity contribution is -0.137. The highest BCUT2D eigenvalue weighted by Gasteiger charge is 2.32. The van der Waals surface area contributed by atoms with Crippen molar-refractivity contribution in [3.05, 3.63) is 93.0 Å². The molecule has 0 bridgehead atoms. The fourth-order valence-electron chi connectivity index (χ4n) is 3.58. The molecule has 2 heterocycles. The normalized spacial score (nSPS) is 14.1. The van der Waals surface area contributed by atoms with Gasteiger partial charge in [-0.3, -0.25) is 9.69 Å². The van der Waals surface area contributed by atoms with E-state index in [0.717, 1.165) is 24.0 Å². The maximum absolute atomic E-state index is 12.9. The fourth-order valence-corrected chi connectivity index (χ4v) is 4.04. The van der Waals surface area contributed by atoms with E-state index in [0.29, 0.717) is 30.0 Å². The van der Waals surface area contributed by atoms with E-state index in [2.05, 4.69) is 0 Å². The Morgan fingerprint density at radius 2 is 1.74 bits per heavy atom. The lowest BCUT2D eigenvalue weighted by Gasteiger charge is -2.14. The van der Waals surface area contributed by atoms with Crippen LogP contribution >= 0.6 is 0 Å². The molecule has 0 fully saturated rings. The first kappa shape index (κ1) is 23.8. The van der Waals surface area contributed by atoms with Crippen LogP contribution in [0.1, 0.15) is 28.0 Å². The number of fused-ring (bicyclic) bond motifs is 1. The number of rotatable bonds is 7. The standard InChI is InChI=1S/C23H20F3NO6S/c1-34(29,30)33-19-6-2-15(3-7-19)13-32-22-14-31-20(9-21(22)28)12-27-10-16-4-5-18(23(24,25)26)8-17(16)11-27/h2-9,14H,10-13H2,1H3. The van der Waals surface area contributed by atoms with E-state index in [1.165, 1.54) is 30.5 Å². The summed E-state index contributed by atoms with van der Waals surface area (Å²) in [6, 6.07) is 11.1. The molecular weight excluding hydrogens is 475 g/mol. The third kappa shape index (κ3) is 5.97. The maximum atomic E-state index is 12.9. The fraction of sp³-hybridized carbons (Fsp3) is 0.261. The minimum atomic E-state index is -4.39. The van der Waals surface area contributed by atoms with Crippen molar-refractivity contribution in [1.82, 2.24) is 4.90 Å². The second-order valence-corrected chi connectivity index (χ2v) is 9.50. The summed E-state index contributed by atoms with van der Waals surface area (Å²) < 4.78 is 76.8. The molecule has 0 saturated heterocycles. The Balaban J connectivity index is 1.35. The Labute approximate surface area is 193 Å². The van der Waals surface area contributed by atoms with Crippen LogP contribution in [0.3, 0.4) is 0 Å². The van der Waals surface area contributed by atoms with Crippen molar-refractivity contribution < 1.29 is 34.9 Å². The van der Waals surface area contributed by atoms with E-state index in [1.54, 1.807) is 12.1 Å². The van der Waals surface area contributed by atoms with Crippen LogP contribution in [-0.4, -0.2) is 19.6 Å². The SMILES string of the molecule is CS(=O)(=O)Oc1ccc(COc2coc(CN3Cc4ccc(C(F)(F)F)cc4C3)cc2=O)cc1. The molecule has 180 valence electrons. The van der Waals surface area contributed by atoms with Crippen molar-refractivity contribution in [1.29, 1.82) is 0 Å². The van der Waals surface area contributed by atoms with Crippen LogP contribution in [0.25, 0.3) is 0 Å². The van der Waals surface area contributed by atoms with Crippen molar-refractivity contribution in [2.24, 2.45) is 0 Å². The van der Waals surface area contributed by atoms with Crippen LogP contribution in [0, 0.1) is 0 Å². The molecule has 0 N–H and O–H groups in total. The quantitative estimate of drug-likeness (QED) is 0.457. The number of hydrogen-bond acceptors (Lipinski definition) is 7. The molecule has 1 aliphatic heterocycles. The van der Waals surface area contributed by atoms with Crippen molar-refractivity contribution in [3.8, 4) is 11.5 Å². The molecule has 3 aromatic rings. The highest BCUT2D eigenvalue weighted by molar-refractivity contribution is 7.86. The van der Waals surface area contributed by atoms with Crippen molar-refractivity contribution in [2.75, 3.05) is 6.26 Å². The first-order valence-corrected chi connectivity index (χ1v) is 11.9. The van der Waals surface area contributed by atoms with Crippen LogP contribution in [-0.2, 0) is 42.5 Å². The lowest BCUT2D eigenvalue weighted by Crippen LogP contribution is -2.17. The largest absolute Gasteiger partial charge is 0.482 e. The highest BCUT2D eigenvalue weighted by atomic mass is 32.2. The average Bonchev–Trinajstić information content (AvgIpc) is 3.14. The van der Waals surface area contributed by atoms with Crippen molar-refractivity contribution in [3.63, 3.8) is 0 Å². The third-order valence-electron chi connectivity index (χ3n) is 5.12. The van der Waals surface area contributed by atoms with Gasteiger partial charge in [0.05, 0.1) is 18.4 Å². The molecule has 0 spiro atoms. The maximum Gasteiger partial charge on any atom is 0.416 e. The summed E-state index contributed by atoms with van der Waals surface area (Å²) in [5, 5.41) is 0. The summed E-state index contributed by atoms with van der Waals surface area (Å²) in [4.78, 5) is 14.3. The Morgan fingerprint density at radius 1 is 1.03 bits per heavy atom. The van der Waals surface area contributed by atoms with Gasteiger partial charge in [-0.15, -0.1) is 0 Å². The third-order valence-corrected chi connectivity index (χ3v) is 5.61. The van der Waals surface area contributed by atoms with Gasteiger partial charge in [0.25, 0.3) is 0 Å². The lowest BCUT2D eigenvalue weighted by atomic mass is 10.1. The number of hydrogen-bond donors (Lipinski definition) is 0. The van der Waals surface area contributed by atoms with Gasteiger partial charge < -0.3 is 13.3 Å². The predicted molar refractivity (Wildman–Crippen MR) is 116 cm³/mol. The predicted octanol–water partition coefficient (Wildman–Crippen LogP) is 4.09. The van der Waals surface area contributed by atoms with E-state index >= 15 is 0 Å². The Hall–Kier alpha value is -3.31. The van der Waals surface area contributed by atoms with Crippen LogP contribution < -0.4 is 14.3 Å². The van der Waals surface area contributed by atoms with Crippen LogP contribution in [0.5, 0.6) is 11.5 Å². The molecule has 11 heteroatoms. The molecule has 0 saturated carbocycles. The second-order valence-electron chi connectivity index (χ2n) is 7.92. The second kappa shape index (κ2) is 9.15. The number of ether oxygens (including phenoxy) is 1. The molecule has 0 unspecified atom stereocenters. The summed E-state index contributed by atoms with van der Waals surface area (Å²) >= 11 is 0. The molecule has 0 amide bonds. The summed E-state index contributed by atoms with van der Waals surface area (Å²) in [6.07, 6.45) is -2.25. The van der Waals surface area contributed by atoms with E-state index in [-0.39, 0.29) is 24.7 Å². The minimum Gasteiger partial charge on any atom is -0.482 e. The monoisotopic (exact) mass is 495 g/mol. The van der Waals surface area contributed by atoms with Gasteiger partial charge in [-0.1, -0.05) is 18.2 Å². The van der Waals surface area contributed by atoms with Gasteiger partial charge in [0.1, 0.15) is 24.4 Å². The van der Waals surface area contributed by atoms with Crippen LogP contribution in [0.2, 0.25) is 0 Å². The smallest absolute Gasteiger partial charge is 0.416 e. The molecule has 4 rings (SSSR count). The zero-order valence-corrected chi connectivity index (χ0v) is 18.8. The molecular formula is C23H20F3NO6S. The number of benzene rings is 2. The molecule has 0 aliphatic carbocycles. The Kier molecular flexibility index (Phi) is 6.41. The Morgan fingerprint density at radius 3 is 2.38 bits per heavy atom. The van der Waals surface area contributed by atoms with Gasteiger partial charge in [0.15, 0.2) is 0 Å². The van der Waals surface area contributed by atoms with Gasteiger partial charge in [-0.25, -0.2) is 0 Å². The number of alkyl halides is 3. The summed E-state index contributed by atoms with van der Waals surface area (Å²) in [5.41, 5.74) is 1.01. The van der Waals surface area contributed by atoms with E-state index in [4.69, 9.17) is 13.3 Å². The van der Waals surface area contributed by atoms with Crippen molar-refractivity contribution in [2.45, 2.75) is 32.4 Å². The zero-order chi connectivity index (χ0) is 24.5. The molecule has 0 radical (unpaired) electrons. The van der Waals surface area contributed by atoms with Gasteiger partial charge in [0, 0.05) is 19.2 Å². The topological polar surface area (TPSA) is 86.1 Å². The zero-order valence-electron chi connectivity index (χ0n) is 18.0. The molecule has 1 aliphatic rings. The van der Waals surface area contributed by atoms with Gasteiger partial charge >= 0.3 is 16.3 Å².